The van der Waals surface area contributed by atoms with Crippen molar-refractivity contribution < 1.29 is 14.3 Å². The number of hydrogen-bond acceptors (Lipinski definition) is 3. The van der Waals surface area contributed by atoms with Crippen LogP contribution in [0.4, 0.5) is 5.69 Å². The van der Waals surface area contributed by atoms with E-state index >= 15 is 0 Å². The largest absolute Gasteiger partial charge is 0.484 e. The predicted molar refractivity (Wildman–Crippen MR) is 111 cm³/mol. The number of ether oxygens (including phenoxy) is 1. The van der Waals surface area contributed by atoms with Gasteiger partial charge in [0.15, 0.2) is 12.4 Å². The number of rotatable bonds is 7. The van der Waals surface area contributed by atoms with Crippen molar-refractivity contribution in [2.75, 3.05) is 11.9 Å². The SMILES string of the molecule is CC(C)c1ccc(NC(=O)COc2ccc(C(=O)c3ccccc3)cc2)cc1. The molecule has 0 bridgehead atoms. The molecule has 0 radical (unpaired) electrons. The first-order chi connectivity index (χ1) is 13.5. The molecule has 4 nitrogen and oxygen atoms in total. The van der Waals surface area contributed by atoms with Crippen molar-refractivity contribution in [1.82, 2.24) is 0 Å². The Labute approximate surface area is 165 Å². The Kier molecular flexibility index (Phi) is 6.22. The Hall–Kier alpha value is -3.40. The lowest BCUT2D eigenvalue weighted by Gasteiger charge is -2.10. The maximum atomic E-state index is 12.4. The normalized spacial score (nSPS) is 10.5. The summed E-state index contributed by atoms with van der Waals surface area (Å²) in [6, 6.07) is 23.7. The van der Waals surface area contributed by atoms with Gasteiger partial charge in [0.05, 0.1) is 0 Å². The van der Waals surface area contributed by atoms with Crippen LogP contribution in [-0.2, 0) is 4.79 Å². The zero-order valence-corrected chi connectivity index (χ0v) is 16.0. The molecule has 0 unspecified atom stereocenters. The summed E-state index contributed by atoms with van der Waals surface area (Å²) in [5, 5.41) is 2.81. The molecule has 0 aliphatic heterocycles. The minimum absolute atomic E-state index is 0.0465. The molecule has 1 N–H and O–H groups in total. The van der Waals surface area contributed by atoms with Crippen LogP contribution in [0.3, 0.4) is 0 Å². The van der Waals surface area contributed by atoms with E-state index in [9.17, 15) is 9.59 Å². The summed E-state index contributed by atoms with van der Waals surface area (Å²) in [6.07, 6.45) is 0. The molecule has 1 amide bonds. The standard InChI is InChI=1S/C24H23NO3/c1-17(2)18-8-12-21(13-9-18)25-23(26)16-28-22-14-10-20(11-15-22)24(27)19-6-4-3-5-7-19/h3-15,17H,16H2,1-2H3,(H,25,26). The van der Waals surface area contributed by atoms with E-state index in [4.69, 9.17) is 4.74 Å². The second-order valence-electron chi connectivity index (χ2n) is 6.83. The summed E-state index contributed by atoms with van der Waals surface area (Å²) < 4.78 is 5.52. The van der Waals surface area contributed by atoms with Crippen LogP contribution in [0.1, 0.15) is 41.3 Å². The number of anilines is 1. The lowest BCUT2D eigenvalue weighted by atomic mass is 10.0. The van der Waals surface area contributed by atoms with Gasteiger partial charge in [0.25, 0.3) is 5.91 Å². The van der Waals surface area contributed by atoms with E-state index < -0.39 is 0 Å². The molecule has 4 heteroatoms. The van der Waals surface area contributed by atoms with Gasteiger partial charge in [-0.05, 0) is 47.9 Å². The minimum atomic E-state index is -0.235. The average molecular weight is 373 g/mol. The van der Waals surface area contributed by atoms with E-state index in [1.165, 1.54) is 5.56 Å². The van der Waals surface area contributed by atoms with Gasteiger partial charge in [-0.1, -0.05) is 56.3 Å². The van der Waals surface area contributed by atoms with Crippen LogP contribution in [0.2, 0.25) is 0 Å². The highest BCUT2D eigenvalue weighted by atomic mass is 16.5. The number of nitrogens with one attached hydrogen (secondary N) is 1. The van der Waals surface area contributed by atoms with Crippen molar-refractivity contribution in [2.45, 2.75) is 19.8 Å². The highest BCUT2D eigenvalue weighted by molar-refractivity contribution is 6.09. The van der Waals surface area contributed by atoms with Gasteiger partial charge in [-0.15, -0.1) is 0 Å². The number of carbonyl (C=O) groups excluding carboxylic acids is 2. The number of benzene rings is 3. The fourth-order valence-corrected chi connectivity index (χ4v) is 2.76. The average Bonchev–Trinajstić information content (AvgIpc) is 2.73. The Morgan fingerprint density at radius 2 is 1.43 bits per heavy atom. The van der Waals surface area contributed by atoms with E-state index in [1.807, 2.05) is 42.5 Å². The third-order valence-corrected chi connectivity index (χ3v) is 4.38. The highest BCUT2D eigenvalue weighted by Crippen LogP contribution is 2.18. The van der Waals surface area contributed by atoms with Crippen LogP contribution < -0.4 is 10.1 Å². The molecule has 0 fully saturated rings. The topological polar surface area (TPSA) is 55.4 Å². The molecule has 0 spiro atoms. The van der Waals surface area contributed by atoms with Crippen molar-refractivity contribution in [1.29, 1.82) is 0 Å². The molecule has 0 aliphatic carbocycles. The van der Waals surface area contributed by atoms with E-state index in [0.29, 0.717) is 22.8 Å². The molecule has 3 aromatic rings. The monoisotopic (exact) mass is 373 g/mol. The molecule has 0 heterocycles. The molecule has 0 atom stereocenters. The van der Waals surface area contributed by atoms with Crippen molar-refractivity contribution in [2.24, 2.45) is 0 Å². The molecule has 0 aliphatic rings. The van der Waals surface area contributed by atoms with Gasteiger partial charge in [-0.25, -0.2) is 0 Å². The van der Waals surface area contributed by atoms with Crippen molar-refractivity contribution in [3.63, 3.8) is 0 Å². The summed E-state index contributed by atoms with van der Waals surface area (Å²) in [7, 11) is 0. The van der Waals surface area contributed by atoms with Crippen molar-refractivity contribution in [3.05, 3.63) is 95.6 Å². The molecule has 142 valence electrons. The van der Waals surface area contributed by atoms with E-state index in [1.54, 1.807) is 36.4 Å². The minimum Gasteiger partial charge on any atom is -0.484 e. The second kappa shape index (κ2) is 9.00. The predicted octanol–water partition coefficient (Wildman–Crippen LogP) is 5.06. The zero-order chi connectivity index (χ0) is 19.9. The lowest BCUT2D eigenvalue weighted by molar-refractivity contribution is -0.118. The van der Waals surface area contributed by atoms with Crippen LogP contribution in [0.5, 0.6) is 5.75 Å². The zero-order valence-electron chi connectivity index (χ0n) is 16.0. The summed E-state index contributed by atoms with van der Waals surface area (Å²) in [6.45, 7) is 4.15. The third kappa shape index (κ3) is 5.07. The molecule has 3 aromatic carbocycles. The Balaban J connectivity index is 1.53. The van der Waals surface area contributed by atoms with Crippen molar-refractivity contribution in [3.8, 4) is 5.75 Å². The van der Waals surface area contributed by atoms with Crippen LogP contribution in [0.15, 0.2) is 78.9 Å². The molecule has 0 saturated heterocycles. The Morgan fingerprint density at radius 3 is 2.04 bits per heavy atom. The summed E-state index contributed by atoms with van der Waals surface area (Å²) in [5.41, 5.74) is 3.17. The molecular formula is C24H23NO3. The Bertz CT molecular complexity index is 930. The van der Waals surface area contributed by atoms with Crippen LogP contribution in [0.25, 0.3) is 0 Å². The van der Waals surface area contributed by atoms with Gasteiger partial charge < -0.3 is 10.1 Å². The van der Waals surface area contributed by atoms with Gasteiger partial charge in [0, 0.05) is 16.8 Å². The molecule has 0 saturated carbocycles. The number of ketones is 1. The smallest absolute Gasteiger partial charge is 0.262 e. The van der Waals surface area contributed by atoms with Gasteiger partial charge in [-0.2, -0.15) is 0 Å². The van der Waals surface area contributed by atoms with E-state index in [2.05, 4.69) is 19.2 Å². The van der Waals surface area contributed by atoms with Crippen LogP contribution in [0, 0.1) is 0 Å². The lowest BCUT2D eigenvalue weighted by Crippen LogP contribution is -2.20. The van der Waals surface area contributed by atoms with Gasteiger partial charge in [0.1, 0.15) is 5.75 Å². The van der Waals surface area contributed by atoms with E-state index in [0.717, 1.165) is 5.69 Å². The molecular weight excluding hydrogens is 350 g/mol. The summed E-state index contributed by atoms with van der Waals surface area (Å²) in [5.74, 6) is 0.705. The number of amides is 1. The summed E-state index contributed by atoms with van der Waals surface area (Å²) >= 11 is 0. The van der Waals surface area contributed by atoms with Crippen LogP contribution >= 0.6 is 0 Å². The van der Waals surface area contributed by atoms with Gasteiger partial charge in [0.2, 0.25) is 0 Å². The highest BCUT2D eigenvalue weighted by Gasteiger charge is 2.09. The fraction of sp³-hybridized carbons (Fsp3) is 0.167. The summed E-state index contributed by atoms with van der Waals surface area (Å²) in [4.78, 5) is 24.5. The quantitative estimate of drug-likeness (QED) is 0.589. The maximum Gasteiger partial charge on any atom is 0.262 e. The molecule has 0 aromatic heterocycles. The van der Waals surface area contributed by atoms with Gasteiger partial charge >= 0.3 is 0 Å². The third-order valence-electron chi connectivity index (χ3n) is 4.38. The first-order valence-corrected chi connectivity index (χ1v) is 9.25. The Morgan fingerprint density at radius 1 is 0.821 bits per heavy atom. The molecule has 28 heavy (non-hydrogen) atoms. The first kappa shape index (κ1) is 19.4. The molecule has 3 rings (SSSR count). The van der Waals surface area contributed by atoms with Crippen LogP contribution in [-0.4, -0.2) is 18.3 Å². The van der Waals surface area contributed by atoms with Gasteiger partial charge in [-0.3, -0.25) is 9.59 Å². The fourth-order valence-electron chi connectivity index (χ4n) is 2.76. The van der Waals surface area contributed by atoms with E-state index in [-0.39, 0.29) is 18.3 Å². The number of carbonyl (C=O) groups is 2. The first-order valence-electron chi connectivity index (χ1n) is 9.25. The number of hydrogen-bond donors (Lipinski definition) is 1. The van der Waals surface area contributed by atoms with Crippen molar-refractivity contribution >= 4 is 17.4 Å². The maximum absolute atomic E-state index is 12.4. The second-order valence-corrected chi connectivity index (χ2v) is 6.83.